The largest absolute Gasteiger partial charge is 0.456 e. The Kier molecular flexibility index (Phi) is 8.63. The highest BCUT2D eigenvalue weighted by Gasteiger charge is 2.18. The maximum absolute atomic E-state index is 6.24. The first kappa shape index (κ1) is 35.6. The van der Waals surface area contributed by atoms with Crippen LogP contribution in [0, 0.1) is 0 Å². The van der Waals surface area contributed by atoms with Crippen LogP contribution in [0.3, 0.4) is 0 Å². The van der Waals surface area contributed by atoms with Gasteiger partial charge >= 0.3 is 0 Å². The zero-order chi connectivity index (χ0) is 40.3. The summed E-state index contributed by atoms with van der Waals surface area (Å²) in [5.74, 6) is 0. The van der Waals surface area contributed by atoms with Crippen LogP contribution in [0.5, 0.6) is 0 Å². The minimum Gasteiger partial charge on any atom is -0.456 e. The molecule has 3 nitrogen and oxygen atoms in total. The van der Waals surface area contributed by atoms with Crippen LogP contribution in [0.2, 0.25) is 0 Å². The molecule has 0 atom stereocenters. The standard InChI is InChI=1S/C57H37IN2O/c1-4-18-53-50(14-1)51-15-2-5-19-54(51)60(53)48-13-8-12-47(36-48)59(46-30-26-39(27-31-46)42-23-22-40-32-33-58-37-44(40)35-42)45-28-24-38(25-29-45)41-10-7-11-43(34-41)49-17-9-21-56-57(49)52-16-3-6-20-55(52)61-56/h1-37H. The topological polar surface area (TPSA) is 21.3 Å². The van der Waals surface area contributed by atoms with Crippen molar-refractivity contribution in [1.29, 1.82) is 0 Å². The molecule has 0 amide bonds. The SMILES string of the molecule is C1=Cc2ccc(-c3ccc(N(c4ccc(-c5cccc(-c6cccc7oc8ccccc8c67)c5)cc4)c4cccc(-n5c6ccccc6c6ccccc65)c4)cc3)cc2C=I1. The summed E-state index contributed by atoms with van der Waals surface area (Å²) in [5, 5.41) is 4.79. The van der Waals surface area contributed by atoms with Crippen molar-refractivity contribution in [3.05, 3.63) is 221 Å². The molecule has 1 aliphatic rings. The molecular weight excluding hydrogens is 856 g/mol. The number of hydrogen-bond acceptors (Lipinski definition) is 2. The van der Waals surface area contributed by atoms with E-state index in [2.05, 4.69) is 218 Å². The lowest BCUT2D eigenvalue weighted by atomic mass is 9.96. The second kappa shape index (κ2) is 14.8. The van der Waals surface area contributed by atoms with Gasteiger partial charge in [-0.2, -0.15) is 0 Å². The number of halogens is 1. The Morgan fingerprint density at radius 1 is 0.410 bits per heavy atom. The lowest BCUT2D eigenvalue weighted by Crippen LogP contribution is -2.10. The molecule has 1 aliphatic heterocycles. The van der Waals surface area contributed by atoms with Crippen LogP contribution >= 0.6 is 20.7 Å². The molecule has 0 unspecified atom stereocenters. The summed E-state index contributed by atoms with van der Waals surface area (Å²) in [6.45, 7) is 0. The molecular formula is C57H37IN2O. The summed E-state index contributed by atoms with van der Waals surface area (Å²) in [4.78, 5) is 2.38. The fourth-order valence-corrected chi connectivity index (χ4v) is 10.8. The molecule has 61 heavy (non-hydrogen) atoms. The highest BCUT2D eigenvalue weighted by molar-refractivity contribution is 14.2. The summed E-state index contributed by atoms with van der Waals surface area (Å²) in [7, 11) is 0. The minimum absolute atomic E-state index is 0.0200. The fraction of sp³-hybridized carbons (Fsp3) is 0. The molecule has 9 aromatic carbocycles. The van der Waals surface area contributed by atoms with Crippen LogP contribution in [0.1, 0.15) is 11.1 Å². The molecule has 3 heterocycles. The summed E-state index contributed by atoms with van der Waals surface area (Å²) in [6, 6.07) is 74.7. The Labute approximate surface area is 363 Å². The first-order valence-electron chi connectivity index (χ1n) is 20.6. The highest BCUT2D eigenvalue weighted by Crippen LogP contribution is 2.41. The van der Waals surface area contributed by atoms with Crippen molar-refractivity contribution < 1.29 is 4.42 Å². The van der Waals surface area contributed by atoms with Crippen LogP contribution in [0.4, 0.5) is 17.1 Å². The Hall–Kier alpha value is -7.28. The molecule has 4 heteroatoms. The lowest BCUT2D eigenvalue weighted by molar-refractivity contribution is 0.669. The number of benzene rings is 9. The third kappa shape index (κ3) is 6.22. The van der Waals surface area contributed by atoms with Gasteiger partial charge in [0.25, 0.3) is 0 Å². The normalized spacial score (nSPS) is 12.3. The Bertz CT molecular complexity index is 3480. The van der Waals surface area contributed by atoms with Gasteiger partial charge in [0.05, 0.1) is 11.0 Å². The van der Waals surface area contributed by atoms with Crippen LogP contribution < -0.4 is 4.90 Å². The van der Waals surface area contributed by atoms with Crippen LogP contribution in [0.15, 0.2) is 215 Å². The second-order valence-corrected chi connectivity index (χ2v) is 17.6. The molecule has 0 N–H and O–H groups in total. The molecule has 0 spiro atoms. The fourth-order valence-electron chi connectivity index (χ4n) is 9.12. The van der Waals surface area contributed by atoms with Crippen molar-refractivity contribution in [2.24, 2.45) is 0 Å². The number of rotatable bonds is 7. The van der Waals surface area contributed by atoms with Crippen molar-refractivity contribution in [3.63, 3.8) is 0 Å². The number of fused-ring (bicyclic) bond motifs is 7. The van der Waals surface area contributed by atoms with E-state index in [0.29, 0.717) is 0 Å². The number of para-hydroxylation sites is 3. The second-order valence-electron chi connectivity index (χ2n) is 15.5. The van der Waals surface area contributed by atoms with Gasteiger partial charge in [0, 0.05) is 44.3 Å². The number of furan rings is 1. The maximum atomic E-state index is 6.24. The predicted molar refractivity (Wildman–Crippen MR) is 267 cm³/mol. The number of hydrogen-bond donors (Lipinski definition) is 0. The Morgan fingerprint density at radius 2 is 1.02 bits per heavy atom. The van der Waals surface area contributed by atoms with E-state index in [-0.39, 0.29) is 20.7 Å². The van der Waals surface area contributed by atoms with E-state index in [9.17, 15) is 0 Å². The van der Waals surface area contributed by atoms with Crippen molar-refractivity contribution in [2.45, 2.75) is 0 Å². The minimum atomic E-state index is -0.0200. The van der Waals surface area contributed by atoms with E-state index in [1.54, 1.807) is 0 Å². The van der Waals surface area contributed by atoms with Gasteiger partial charge in [0.15, 0.2) is 0 Å². The van der Waals surface area contributed by atoms with Crippen molar-refractivity contribution in [1.82, 2.24) is 4.57 Å². The molecule has 12 rings (SSSR count). The predicted octanol–water partition coefficient (Wildman–Crippen LogP) is 16.3. The summed E-state index contributed by atoms with van der Waals surface area (Å²) in [5.41, 5.74) is 18.3. The Balaban J connectivity index is 0.953. The number of anilines is 3. The molecule has 288 valence electrons. The van der Waals surface area contributed by atoms with Crippen molar-refractivity contribution in [3.8, 4) is 39.1 Å². The number of aromatic nitrogens is 1. The third-order valence-electron chi connectivity index (χ3n) is 12.0. The number of nitrogens with zero attached hydrogens (tertiary/aromatic N) is 2. The molecule has 0 radical (unpaired) electrons. The van der Waals surface area contributed by atoms with E-state index in [1.165, 1.54) is 49.6 Å². The van der Waals surface area contributed by atoms with E-state index in [1.807, 2.05) is 12.1 Å². The average Bonchev–Trinajstić information content (AvgIpc) is 3.88. The molecule has 0 bridgehead atoms. The van der Waals surface area contributed by atoms with Gasteiger partial charge in [0.1, 0.15) is 11.2 Å². The van der Waals surface area contributed by atoms with Crippen molar-refractivity contribution >= 4 is 91.6 Å². The van der Waals surface area contributed by atoms with Gasteiger partial charge in [-0.25, -0.2) is 0 Å². The van der Waals surface area contributed by atoms with Gasteiger partial charge in [-0.15, -0.1) is 0 Å². The Morgan fingerprint density at radius 3 is 1.77 bits per heavy atom. The molecule has 11 aromatic rings. The molecule has 0 aliphatic carbocycles. The summed E-state index contributed by atoms with van der Waals surface area (Å²) in [6.07, 6.45) is 2.27. The van der Waals surface area contributed by atoms with Gasteiger partial charge in [-0.05, 0) is 138 Å². The van der Waals surface area contributed by atoms with Crippen LogP contribution in [-0.2, 0) is 0 Å². The third-order valence-corrected chi connectivity index (χ3v) is 13.8. The molecule has 0 fully saturated rings. The highest BCUT2D eigenvalue weighted by atomic mass is 127. The maximum Gasteiger partial charge on any atom is 0.136 e. The van der Waals surface area contributed by atoms with Crippen LogP contribution in [-0.4, -0.2) is 8.58 Å². The lowest BCUT2D eigenvalue weighted by Gasteiger charge is -2.26. The molecule has 0 saturated carbocycles. The van der Waals surface area contributed by atoms with Gasteiger partial charge < -0.3 is 13.9 Å². The summed E-state index contributed by atoms with van der Waals surface area (Å²) < 4.78 is 13.4. The van der Waals surface area contributed by atoms with Crippen LogP contribution in [0.25, 0.3) is 88.9 Å². The summed E-state index contributed by atoms with van der Waals surface area (Å²) >= 11 is -0.0200. The van der Waals surface area contributed by atoms with E-state index in [4.69, 9.17) is 4.42 Å². The van der Waals surface area contributed by atoms with E-state index >= 15 is 0 Å². The quantitative estimate of drug-likeness (QED) is 0.149. The van der Waals surface area contributed by atoms with Crippen molar-refractivity contribution in [2.75, 3.05) is 4.90 Å². The first-order chi connectivity index (χ1) is 30.2. The molecule has 0 saturated heterocycles. The van der Waals surface area contributed by atoms with Gasteiger partial charge in [0.2, 0.25) is 0 Å². The monoisotopic (exact) mass is 892 g/mol. The van der Waals surface area contributed by atoms with Gasteiger partial charge in [-0.3, -0.25) is 0 Å². The molecule has 2 aromatic heterocycles. The zero-order valence-corrected chi connectivity index (χ0v) is 35.2. The van der Waals surface area contributed by atoms with Gasteiger partial charge in [-0.1, -0.05) is 148 Å². The smallest absolute Gasteiger partial charge is 0.136 e. The van der Waals surface area contributed by atoms with E-state index < -0.39 is 0 Å². The first-order valence-corrected chi connectivity index (χ1v) is 23.1. The average molecular weight is 893 g/mol. The zero-order valence-electron chi connectivity index (χ0n) is 33.0. The van der Waals surface area contributed by atoms with E-state index in [0.717, 1.165) is 61.4 Å².